The number of rotatable bonds is 8. The molecular weight excluding hydrogens is 392 g/mol. The van der Waals surface area contributed by atoms with Crippen LogP contribution in [-0.4, -0.2) is 45.5 Å². The number of ether oxygens (including phenoxy) is 3. The maximum atomic E-state index is 13.2. The molecule has 8 heteroatoms. The fraction of sp³-hybridized carbons (Fsp3) is 0.409. The summed E-state index contributed by atoms with van der Waals surface area (Å²) in [6.07, 6.45) is 0.971. The van der Waals surface area contributed by atoms with Gasteiger partial charge in [-0.3, -0.25) is 4.99 Å². The van der Waals surface area contributed by atoms with E-state index in [-0.39, 0.29) is 18.5 Å². The van der Waals surface area contributed by atoms with Crippen LogP contribution in [0.5, 0.6) is 11.5 Å². The Balaban J connectivity index is 1.47. The highest BCUT2D eigenvalue weighted by molar-refractivity contribution is 5.79. The Morgan fingerprint density at radius 1 is 1.17 bits per heavy atom. The number of aliphatic imine (C=N–C) groups is 1. The molecule has 3 rings (SSSR count). The van der Waals surface area contributed by atoms with Gasteiger partial charge in [-0.25, -0.2) is 8.78 Å². The van der Waals surface area contributed by atoms with Gasteiger partial charge in [0.15, 0.2) is 17.6 Å². The van der Waals surface area contributed by atoms with Gasteiger partial charge in [-0.2, -0.15) is 0 Å². The molecule has 0 aromatic heterocycles. The highest BCUT2D eigenvalue weighted by atomic mass is 19.2. The lowest BCUT2D eigenvalue weighted by Gasteiger charge is -2.18. The third-order valence-corrected chi connectivity index (χ3v) is 4.63. The summed E-state index contributed by atoms with van der Waals surface area (Å²) in [4.78, 5) is 4.19. The SMILES string of the molecule is CN=C(NCCOc1ccc(F)c(F)c1)NCc1ccc(C)cc1OC1CCOC1. The van der Waals surface area contributed by atoms with E-state index in [1.807, 2.05) is 25.1 Å². The summed E-state index contributed by atoms with van der Waals surface area (Å²) in [5, 5.41) is 6.37. The van der Waals surface area contributed by atoms with Crippen molar-refractivity contribution >= 4 is 5.96 Å². The van der Waals surface area contributed by atoms with Crippen LogP contribution in [-0.2, 0) is 11.3 Å². The number of guanidine groups is 1. The van der Waals surface area contributed by atoms with Crippen LogP contribution in [0.3, 0.4) is 0 Å². The number of hydrogen-bond acceptors (Lipinski definition) is 4. The van der Waals surface area contributed by atoms with Crippen molar-refractivity contribution in [2.75, 3.05) is 33.4 Å². The van der Waals surface area contributed by atoms with E-state index >= 15 is 0 Å². The highest BCUT2D eigenvalue weighted by Crippen LogP contribution is 2.23. The number of nitrogens with one attached hydrogen (secondary N) is 2. The molecule has 0 saturated carbocycles. The van der Waals surface area contributed by atoms with Crippen molar-refractivity contribution in [2.24, 2.45) is 4.99 Å². The molecule has 1 saturated heterocycles. The molecule has 2 aromatic carbocycles. The predicted octanol–water partition coefficient (Wildman–Crippen LogP) is 3.18. The first kappa shape index (κ1) is 21.8. The van der Waals surface area contributed by atoms with Crippen LogP contribution < -0.4 is 20.1 Å². The second kappa shape index (κ2) is 10.8. The average molecular weight is 419 g/mol. The van der Waals surface area contributed by atoms with Crippen molar-refractivity contribution in [3.05, 3.63) is 59.2 Å². The molecule has 1 aliphatic heterocycles. The largest absolute Gasteiger partial charge is 0.492 e. The molecule has 1 heterocycles. The number of benzene rings is 2. The lowest BCUT2D eigenvalue weighted by molar-refractivity contribution is 0.140. The molecule has 2 N–H and O–H groups in total. The molecule has 30 heavy (non-hydrogen) atoms. The van der Waals surface area contributed by atoms with Crippen molar-refractivity contribution in [3.63, 3.8) is 0 Å². The third kappa shape index (κ3) is 6.32. The second-order valence-corrected chi connectivity index (χ2v) is 6.99. The summed E-state index contributed by atoms with van der Waals surface area (Å²) < 4.78 is 43.1. The summed E-state index contributed by atoms with van der Waals surface area (Å²) in [5.41, 5.74) is 2.15. The smallest absolute Gasteiger partial charge is 0.191 e. The lowest BCUT2D eigenvalue weighted by atomic mass is 10.1. The van der Waals surface area contributed by atoms with Crippen molar-refractivity contribution in [2.45, 2.75) is 26.0 Å². The van der Waals surface area contributed by atoms with Crippen LogP contribution >= 0.6 is 0 Å². The topological polar surface area (TPSA) is 64.1 Å². The first-order chi connectivity index (χ1) is 14.5. The van der Waals surface area contributed by atoms with Gasteiger partial charge < -0.3 is 24.8 Å². The van der Waals surface area contributed by atoms with Gasteiger partial charge in [-0.05, 0) is 30.7 Å². The van der Waals surface area contributed by atoms with E-state index in [0.29, 0.717) is 25.7 Å². The summed E-state index contributed by atoms with van der Waals surface area (Å²) in [7, 11) is 1.67. The van der Waals surface area contributed by atoms with E-state index in [1.54, 1.807) is 7.05 Å². The number of aryl methyl sites for hydroxylation is 1. The molecule has 162 valence electrons. The Hall–Kier alpha value is -2.87. The minimum absolute atomic E-state index is 0.0800. The minimum Gasteiger partial charge on any atom is -0.492 e. The molecule has 1 atom stereocenters. The van der Waals surface area contributed by atoms with Crippen molar-refractivity contribution in [3.8, 4) is 11.5 Å². The number of hydrogen-bond donors (Lipinski definition) is 2. The van der Waals surface area contributed by atoms with E-state index in [0.717, 1.165) is 42.0 Å². The van der Waals surface area contributed by atoms with Crippen LogP contribution in [0.1, 0.15) is 17.5 Å². The predicted molar refractivity (Wildman–Crippen MR) is 111 cm³/mol. The van der Waals surface area contributed by atoms with Crippen molar-refractivity contribution in [1.82, 2.24) is 10.6 Å². The summed E-state index contributed by atoms with van der Waals surface area (Å²) >= 11 is 0. The monoisotopic (exact) mass is 419 g/mol. The van der Waals surface area contributed by atoms with Crippen LogP contribution in [0.15, 0.2) is 41.4 Å². The molecule has 1 fully saturated rings. The molecule has 0 bridgehead atoms. The maximum absolute atomic E-state index is 13.2. The Kier molecular flexibility index (Phi) is 7.84. The molecule has 0 radical (unpaired) electrons. The molecule has 0 aliphatic carbocycles. The van der Waals surface area contributed by atoms with Crippen LogP contribution in [0.4, 0.5) is 8.78 Å². The Morgan fingerprint density at radius 2 is 2.03 bits per heavy atom. The maximum Gasteiger partial charge on any atom is 0.191 e. The first-order valence-corrected chi connectivity index (χ1v) is 9.91. The number of nitrogens with zero attached hydrogens (tertiary/aromatic N) is 1. The van der Waals surface area contributed by atoms with Crippen LogP contribution in [0.25, 0.3) is 0 Å². The first-order valence-electron chi connectivity index (χ1n) is 9.91. The molecule has 1 aliphatic rings. The van der Waals surface area contributed by atoms with Gasteiger partial charge >= 0.3 is 0 Å². The Labute approximate surface area is 175 Å². The molecule has 6 nitrogen and oxygen atoms in total. The zero-order valence-corrected chi connectivity index (χ0v) is 17.2. The number of halogens is 2. The van der Waals surface area contributed by atoms with Gasteiger partial charge in [0.25, 0.3) is 0 Å². The third-order valence-electron chi connectivity index (χ3n) is 4.63. The fourth-order valence-corrected chi connectivity index (χ4v) is 3.01. The standard InChI is InChI=1S/C22H27F2N3O3/c1-15-3-4-16(21(11-15)30-18-7-9-28-14-18)13-27-22(25-2)26-8-10-29-17-5-6-19(23)20(24)12-17/h3-6,11-12,18H,7-10,13-14H2,1-2H3,(H2,25,26,27). The quantitative estimate of drug-likeness (QED) is 0.391. The molecule has 1 unspecified atom stereocenters. The van der Waals surface area contributed by atoms with Crippen LogP contribution in [0, 0.1) is 18.6 Å². The van der Waals surface area contributed by atoms with Gasteiger partial charge in [-0.1, -0.05) is 12.1 Å². The zero-order chi connectivity index (χ0) is 21.3. The lowest BCUT2D eigenvalue weighted by Crippen LogP contribution is -2.39. The van der Waals surface area contributed by atoms with Crippen molar-refractivity contribution in [1.29, 1.82) is 0 Å². The zero-order valence-electron chi connectivity index (χ0n) is 17.2. The van der Waals surface area contributed by atoms with Gasteiger partial charge in [0.2, 0.25) is 0 Å². The summed E-state index contributed by atoms with van der Waals surface area (Å²) in [6, 6.07) is 9.56. The minimum atomic E-state index is -0.932. The van der Waals surface area contributed by atoms with Gasteiger partial charge in [-0.15, -0.1) is 0 Å². The molecule has 2 aromatic rings. The van der Waals surface area contributed by atoms with E-state index in [9.17, 15) is 8.78 Å². The van der Waals surface area contributed by atoms with Gasteiger partial charge in [0.05, 0.1) is 19.8 Å². The van der Waals surface area contributed by atoms with Gasteiger partial charge in [0.1, 0.15) is 24.2 Å². The molecule has 0 amide bonds. The summed E-state index contributed by atoms with van der Waals surface area (Å²) in [5.74, 6) is -0.117. The van der Waals surface area contributed by atoms with E-state index in [1.165, 1.54) is 6.07 Å². The van der Waals surface area contributed by atoms with E-state index in [4.69, 9.17) is 14.2 Å². The molecular formula is C22H27F2N3O3. The molecule has 0 spiro atoms. The fourth-order valence-electron chi connectivity index (χ4n) is 3.01. The van der Waals surface area contributed by atoms with E-state index in [2.05, 4.69) is 15.6 Å². The second-order valence-electron chi connectivity index (χ2n) is 6.99. The highest BCUT2D eigenvalue weighted by Gasteiger charge is 2.18. The van der Waals surface area contributed by atoms with Crippen LogP contribution in [0.2, 0.25) is 0 Å². The normalized spacial score (nSPS) is 16.4. The van der Waals surface area contributed by atoms with Gasteiger partial charge in [0, 0.05) is 31.6 Å². The summed E-state index contributed by atoms with van der Waals surface area (Å²) in [6.45, 7) is 4.62. The Bertz CT molecular complexity index is 871. The Morgan fingerprint density at radius 3 is 2.77 bits per heavy atom. The average Bonchev–Trinajstić information content (AvgIpc) is 3.24. The van der Waals surface area contributed by atoms with Crippen molar-refractivity contribution < 1.29 is 23.0 Å². The van der Waals surface area contributed by atoms with E-state index < -0.39 is 11.6 Å².